The van der Waals surface area contributed by atoms with Crippen molar-refractivity contribution < 1.29 is 5.11 Å². The van der Waals surface area contributed by atoms with E-state index in [9.17, 15) is 9.90 Å². The normalized spacial score (nSPS) is 13.4. The highest BCUT2D eigenvalue weighted by Crippen LogP contribution is 2.35. The Morgan fingerprint density at radius 1 is 1.34 bits per heavy atom. The lowest BCUT2D eigenvalue weighted by Crippen LogP contribution is -2.26. The first kappa shape index (κ1) is 21.3. The summed E-state index contributed by atoms with van der Waals surface area (Å²) in [6.45, 7) is 6.18. The number of fused-ring (bicyclic) bond motifs is 1. The van der Waals surface area contributed by atoms with Crippen LogP contribution in [0.1, 0.15) is 43.6 Å². The largest absolute Gasteiger partial charge is 0.394 e. The van der Waals surface area contributed by atoms with E-state index in [0.717, 1.165) is 23.3 Å². The van der Waals surface area contributed by atoms with Crippen LogP contribution in [0.4, 0.5) is 5.82 Å². The van der Waals surface area contributed by atoms with Crippen molar-refractivity contribution in [2.75, 3.05) is 11.9 Å². The zero-order chi connectivity index (χ0) is 21.0. The van der Waals surface area contributed by atoms with E-state index in [2.05, 4.69) is 40.2 Å². The van der Waals surface area contributed by atoms with E-state index >= 15 is 0 Å². The fraction of sp³-hybridized carbons (Fsp3) is 0.400. The van der Waals surface area contributed by atoms with Gasteiger partial charge in [-0.05, 0) is 37.0 Å². The quantitative estimate of drug-likeness (QED) is 0.367. The molecule has 2 aromatic heterocycles. The number of nitrogens with zero attached hydrogens (tertiary/aromatic N) is 3. The molecule has 0 saturated carbocycles. The van der Waals surface area contributed by atoms with Gasteiger partial charge in [-0.15, -0.1) is 0 Å². The number of nitrogens with one attached hydrogen (secondary N) is 2. The number of aromatic amines is 1. The van der Waals surface area contributed by atoms with Gasteiger partial charge in [-0.25, -0.2) is 9.97 Å². The van der Waals surface area contributed by atoms with Gasteiger partial charge in [0, 0.05) is 5.25 Å². The summed E-state index contributed by atoms with van der Waals surface area (Å²) in [6, 6.07) is 9.44. The molecule has 3 N–H and O–H groups in total. The second-order valence-corrected chi connectivity index (χ2v) is 9.49. The molecule has 0 radical (unpaired) electrons. The van der Waals surface area contributed by atoms with E-state index in [1.807, 2.05) is 25.1 Å². The maximum Gasteiger partial charge on any atom is 0.306 e. The highest BCUT2D eigenvalue weighted by molar-refractivity contribution is 7.99. The first-order chi connectivity index (χ1) is 13.9. The molecule has 7 nitrogen and oxygen atoms in total. The minimum absolute atomic E-state index is 0.0169. The molecule has 3 rings (SSSR count). The topological polar surface area (TPSA) is 115 Å². The van der Waals surface area contributed by atoms with Crippen LogP contribution in [0.3, 0.4) is 0 Å². The van der Waals surface area contributed by atoms with Crippen LogP contribution in [0.5, 0.6) is 0 Å². The molecular weight excluding hydrogens is 406 g/mol. The fourth-order valence-corrected chi connectivity index (χ4v) is 4.62. The van der Waals surface area contributed by atoms with Crippen molar-refractivity contribution in [1.29, 1.82) is 5.26 Å². The Kier molecular flexibility index (Phi) is 6.90. The van der Waals surface area contributed by atoms with Crippen molar-refractivity contribution in [3.05, 3.63) is 45.1 Å². The molecule has 0 aliphatic rings. The van der Waals surface area contributed by atoms with Crippen LogP contribution in [0, 0.1) is 17.2 Å². The second kappa shape index (κ2) is 9.39. The molecule has 0 saturated heterocycles. The summed E-state index contributed by atoms with van der Waals surface area (Å²) in [5.74, 6) is 0.960. The van der Waals surface area contributed by atoms with Gasteiger partial charge in [0.05, 0.1) is 24.3 Å². The molecule has 29 heavy (non-hydrogen) atoms. The van der Waals surface area contributed by atoms with Gasteiger partial charge in [0.15, 0.2) is 16.6 Å². The van der Waals surface area contributed by atoms with Crippen LogP contribution in [0.15, 0.2) is 34.2 Å². The number of aliphatic hydroxyl groups is 1. The standard InChI is InChI=1S/C20H23N5O2S2/c1-11(2)7-15(10-26)22-17-16-18(25-20(27)29-16)24-19(23-17)28-12(3)14-6-4-5-13(8-14)9-21/h4-6,8,11-12,15,26H,7,10H2,1-3H3,(H2,22,23,24,25,27)/t12?,15-/m0/s1. The van der Waals surface area contributed by atoms with Gasteiger partial charge in [-0.3, -0.25) is 9.78 Å². The van der Waals surface area contributed by atoms with E-state index < -0.39 is 0 Å². The van der Waals surface area contributed by atoms with Gasteiger partial charge in [-0.1, -0.05) is 49.1 Å². The Bertz CT molecular complexity index is 1090. The van der Waals surface area contributed by atoms with Crippen molar-refractivity contribution in [2.24, 2.45) is 5.92 Å². The molecule has 0 bridgehead atoms. The molecule has 0 spiro atoms. The highest BCUT2D eigenvalue weighted by atomic mass is 32.2. The average Bonchev–Trinajstić information content (AvgIpc) is 3.07. The number of thiazole rings is 1. The van der Waals surface area contributed by atoms with E-state index in [1.165, 1.54) is 11.8 Å². The third kappa shape index (κ3) is 5.35. The Hall–Kier alpha value is -2.41. The molecule has 0 aliphatic heterocycles. The number of aromatic nitrogens is 3. The van der Waals surface area contributed by atoms with E-state index in [-0.39, 0.29) is 22.8 Å². The van der Waals surface area contributed by atoms with Crippen LogP contribution in [0.2, 0.25) is 0 Å². The Morgan fingerprint density at radius 2 is 2.14 bits per heavy atom. The van der Waals surface area contributed by atoms with Crippen LogP contribution in [-0.4, -0.2) is 32.7 Å². The molecular formula is C20H23N5O2S2. The van der Waals surface area contributed by atoms with Crippen LogP contribution in [-0.2, 0) is 0 Å². The molecule has 0 amide bonds. The summed E-state index contributed by atoms with van der Waals surface area (Å²) in [6.07, 6.45) is 0.779. The minimum Gasteiger partial charge on any atom is -0.394 e. The lowest BCUT2D eigenvalue weighted by atomic mass is 10.0. The number of aliphatic hydroxyl groups excluding tert-OH is 1. The number of hydrogen-bond acceptors (Lipinski definition) is 8. The van der Waals surface area contributed by atoms with E-state index in [0.29, 0.717) is 32.8 Å². The van der Waals surface area contributed by atoms with Gasteiger partial charge in [-0.2, -0.15) is 5.26 Å². The predicted molar refractivity (Wildman–Crippen MR) is 117 cm³/mol. The van der Waals surface area contributed by atoms with Crippen molar-refractivity contribution >= 4 is 39.3 Å². The monoisotopic (exact) mass is 429 g/mol. The van der Waals surface area contributed by atoms with Crippen molar-refractivity contribution in [1.82, 2.24) is 15.0 Å². The van der Waals surface area contributed by atoms with Crippen molar-refractivity contribution in [3.63, 3.8) is 0 Å². The van der Waals surface area contributed by atoms with Crippen molar-refractivity contribution in [2.45, 2.75) is 43.6 Å². The molecule has 152 valence electrons. The minimum atomic E-state index is -0.196. The lowest BCUT2D eigenvalue weighted by molar-refractivity contribution is 0.259. The van der Waals surface area contributed by atoms with Crippen LogP contribution in [0.25, 0.3) is 10.3 Å². The van der Waals surface area contributed by atoms with Gasteiger partial charge >= 0.3 is 4.87 Å². The smallest absolute Gasteiger partial charge is 0.306 e. The second-order valence-electron chi connectivity index (χ2n) is 7.20. The van der Waals surface area contributed by atoms with E-state index in [1.54, 1.807) is 6.07 Å². The lowest BCUT2D eigenvalue weighted by Gasteiger charge is -2.19. The number of benzene rings is 1. The van der Waals surface area contributed by atoms with Gasteiger partial charge in [0.25, 0.3) is 0 Å². The predicted octanol–water partition coefficient (Wildman–Crippen LogP) is 3.92. The molecule has 2 atom stereocenters. The molecule has 3 aromatic rings. The summed E-state index contributed by atoms with van der Waals surface area (Å²) in [7, 11) is 0. The van der Waals surface area contributed by atoms with Crippen LogP contribution < -0.4 is 10.2 Å². The van der Waals surface area contributed by atoms with Gasteiger partial charge < -0.3 is 10.4 Å². The molecule has 0 aliphatic carbocycles. The molecule has 9 heteroatoms. The molecule has 0 fully saturated rings. The van der Waals surface area contributed by atoms with Gasteiger partial charge in [0.1, 0.15) is 4.70 Å². The van der Waals surface area contributed by atoms with E-state index in [4.69, 9.17) is 5.26 Å². The zero-order valence-electron chi connectivity index (χ0n) is 16.5. The van der Waals surface area contributed by atoms with Crippen LogP contribution >= 0.6 is 23.1 Å². The number of hydrogen-bond donors (Lipinski definition) is 3. The fourth-order valence-electron chi connectivity index (χ4n) is 3.01. The third-order valence-electron chi connectivity index (χ3n) is 4.34. The number of rotatable bonds is 8. The molecule has 1 aromatic carbocycles. The number of nitriles is 1. The summed E-state index contributed by atoms with van der Waals surface area (Å²) in [5, 5.41) is 22.7. The SMILES string of the molecule is CC(C)C[C@@H](CO)Nc1nc(SC(C)c2cccc(C#N)c2)nc2[nH]c(=O)sc12. The molecule has 2 heterocycles. The zero-order valence-corrected chi connectivity index (χ0v) is 18.1. The summed E-state index contributed by atoms with van der Waals surface area (Å²) in [4.78, 5) is 23.6. The number of anilines is 1. The van der Waals surface area contributed by atoms with Gasteiger partial charge in [0.2, 0.25) is 0 Å². The summed E-state index contributed by atoms with van der Waals surface area (Å²) in [5.41, 5.74) is 2.09. The maximum atomic E-state index is 11.9. The summed E-state index contributed by atoms with van der Waals surface area (Å²) >= 11 is 2.50. The first-order valence-corrected chi connectivity index (χ1v) is 11.0. The Labute approximate surface area is 177 Å². The first-order valence-electron chi connectivity index (χ1n) is 9.34. The Balaban J connectivity index is 1.92. The molecule has 1 unspecified atom stereocenters. The number of thioether (sulfide) groups is 1. The summed E-state index contributed by atoms with van der Waals surface area (Å²) < 4.78 is 0.653. The maximum absolute atomic E-state index is 11.9. The number of H-pyrrole nitrogens is 1. The van der Waals surface area contributed by atoms with Crippen molar-refractivity contribution in [3.8, 4) is 6.07 Å². The Morgan fingerprint density at radius 3 is 2.83 bits per heavy atom. The highest BCUT2D eigenvalue weighted by Gasteiger charge is 2.18. The third-order valence-corrected chi connectivity index (χ3v) is 6.24. The average molecular weight is 430 g/mol.